The van der Waals surface area contributed by atoms with Gasteiger partial charge in [-0.15, -0.1) is 0 Å². The molecule has 1 N–H and O–H groups in total. The van der Waals surface area contributed by atoms with Crippen molar-refractivity contribution in [2.45, 2.75) is 6.42 Å². The van der Waals surface area contributed by atoms with Crippen LogP contribution in [0.2, 0.25) is 0 Å². The van der Waals surface area contributed by atoms with Crippen LogP contribution in [-0.4, -0.2) is 5.71 Å². The van der Waals surface area contributed by atoms with E-state index in [0.717, 1.165) is 23.4 Å². The maximum Gasteiger partial charge on any atom is 0.0729 e. The van der Waals surface area contributed by atoms with Gasteiger partial charge < -0.3 is 0 Å². The SMILES string of the molecule is c1ccc(C/C(=N\Nc2ccccc2)c2cccc3ccccc23)cc1. The van der Waals surface area contributed by atoms with Crippen molar-refractivity contribution >= 4 is 22.2 Å². The lowest BCUT2D eigenvalue weighted by molar-refractivity contribution is 1.25. The van der Waals surface area contributed by atoms with E-state index in [1.807, 2.05) is 36.4 Å². The molecule has 4 aromatic rings. The second-order valence-electron chi connectivity index (χ2n) is 6.23. The lowest BCUT2D eigenvalue weighted by atomic mass is 9.97. The van der Waals surface area contributed by atoms with Crippen LogP contribution in [0.25, 0.3) is 10.8 Å². The molecule has 0 spiro atoms. The van der Waals surface area contributed by atoms with Gasteiger partial charge in [0.15, 0.2) is 0 Å². The molecule has 0 bridgehead atoms. The van der Waals surface area contributed by atoms with Crippen LogP contribution in [0, 0.1) is 0 Å². The molecule has 0 aliphatic heterocycles. The fourth-order valence-corrected chi connectivity index (χ4v) is 3.11. The number of hydrogen-bond donors (Lipinski definition) is 1. The lowest BCUT2D eigenvalue weighted by Gasteiger charge is -2.11. The highest BCUT2D eigenvalue weighted by molar-refractivity contribution is 6.11. The number of para-hydroxylation sites is 1. The van der Waals surface area contributed by atoms with Gasteiger partial charge >= 0.3 is 0 Å². The van der Waals surface area contributed by atoms with Crippen LogP contribution in [0.1, 0.15) is 11.1 Å². The van der Waals surface area contributed by atoms with Crippen LogP contribution in [0.5, 0.6) is 0 Å². The molecule has 0 aliphatic carbocycles. The van der Waals surface area contributed by atoms with E-state index in [2.05, 4.69) is 72.2 Å². The van der Waals surface area contributed by atoms with Crippen molar-refractivity contribution in [1.82, 2.24) is 0 Å². The van der Waals surface area contributed by atoms with Crippen LogP contribution in [0.3, 0.4) is 0 Å². The third-order valence-electron chi connectivity index (χ3n) is 4.41. The van der Waals surface area contributed by atoms with E-state index >= 15 is 0 Å². The Labute approximate surface area is 153 Å². The second kappa shape index (κ2) is 7.66. The number of rotatable bonds is 5. The minimum Gasteiger partial charge on any atom is -0.278 e. The van der Waals surface area contributed by atoms with Gasteiger partial charge in [-0.1, -0.05) is 91.0 Å². The Morgan fingerprint density at radius 2 is 1.31 bits per heavy atom. The Morgan fingerprint density at radius 1 is 0.654 bits per heavy atom. The summed E-state index contributed by atoms with van der Waals surface area (Å²) in [5.41, 5.74) is 7.63. The minimum atomic E-state index is 0.773. The maximum absolute atomic E-state index is 4.78. The van der Waals surface area contributed by atoms with Crippen molar-refractivity contribution in [2.75, 3.05) is 5.43 Å². The smallest absolute Gasteiger partial charge is 0.0729 e. The predicted octanol–water partition coefficient (Wildman–Crippen LogP) is 5.90. The zero-order chi connectivity index (χ0) is 17.6. The number of hydrazone groups is 1. The summed E-state index contributed by atoms with van der Waals surface area (Å²) < 4.78 is 0. The van der Waals surface area contributed by atoms with Crippen molar-refractivity contribution in [3.63, 3.8) is 0 Å². The Hall–Kier alpha value is -3.39. The fraction of sp³-hybridized carbons (Fsp3) is 0.0417. The number of benzene rings is 4. The number of fused-ring (bicyclic) bond motifs is 1. The molecule has 0 unspecified atom stereocenters. The molecular weight excluding hydrogens is 316 g/mol. The van der Waals surface area contributed by atoms with Gasteiger partial charge in [0.25, 0.3) is 0 Å². The van der Waals surface area contributed by atoms with Gasteiger partial charge in [0.1, 0.15) is 0 Å². The quantitative estimate of drug-likeness (QED) is 0.356. The Kier molecular flexibility index (Phi) is 4.74. The van der Waals surface area contributed by atoms with Crippen molar-refractivity contribution in [3.8, 4) is 0 Å². The number of hydrogen-bond acceptors (Lipinski definition) is 2. The zero-order valence-electron chi connectivity index (χ0n) is 14.5. The molecule has 0 heterocycles. The molecule has 0 radical (unpaired) electrons. The van der Waals surface area contributed by atoms with Crippen LogP contribution in [0.4, 0.5) is 5.69 Å². The van der Waals surface area contributed by atoms with Crippen molar-refractivity contribution in [1.29, 1.82) is 0 Å². The second-order valence-corrected chi connectivity index (χ2v) is 6.23. The molecule has 0 fully saturated rings. The van der Waals surface area contributed by atoms with E-state index in [9.17, 15) is 0 Å². The molecule has 0 atom stereocenters. The summed E-state index contributed by atoms with van der Waals surface area (Å²) in [4.78, 5) is 0. The third-order valence-corrected chi connectivity index (χ3v) is 4.41. The minimum absolute atomic E-state index is 0.773. The predicted molar refractivity (Wildman–Crippen MR) is 111 cm³/mol. The fourth-order valence-electron chi connectivity index (χ4n) is 3.11. The highest BCUT2D eigenvalue weighted by Gasteiger charge is 2.09. The number of nitrogens with one attached hydrogen (secondary N) is 1. The topological polar surface area (TPSA) is 24.4 Å². The van der Waals surface area contributed by atoms with Gasteiger partial charge in [0.2, 0.25) is 0 Å². The Bertz CT molecular complexity index is 1020. The van der Waals surface area contributed by atoms with Crippen molar-refractivity contribution < 1.29 is 0 Å². The molecule has 4 rings (SSSR count). The van der Waals surface area contributed by atoms with Gasteiger partial charge in [-0.05, 0) is 28.5 Å². The number of anilines is 1. The highest BCUT2D eigenvalue weighted by atomic mass is 15.3. The molecule has 26 heavy (non-hydrogen) atoms. The molecule has 126 valence electrons. The van der Waals surface area contributed by atoms with E-state index < -0.39 is 0 Å². The molecular formula is C24H20N2. The van der Waals surface area contributed by atoms with E-state index in [0.29, 0.717) is 0 Å². The van der Waals surface area contributed by atoms with Crippen molar-refractivity contribution in [2.24, 2.45) is 5.10 Å². The van der Waals surface area contributed by atoms with Gasteiger partial charge in [0, 0.05) is 12.0 Å². The third kappa shape index (κ3) is 3.65. The van der Waals surface area contributed by atoms with Gasteiger partial charge in [0.05, 0.1) is 11.4 Å². The Balaban J connectivity index is 1.76. The first-order chi connectivity index (χ1) is 12.9. The van der Waals surface area contributed by atoms with Gasteiger partial charge in [-0.2, -0.15) is 5.10 Å². The molecule has 2 heteroatoms. The summed E-state index contributed by atoms with van der Waals surface area (Å²) in [7, 11) is 0. The van der Waals surface area contributed by atoms with Crippen LogP contribution in [0.15, 0.2) is 108 Å². The molecule has 0 aromatic heterocycles. The Morgan fingerprint density at radius 3 is 2.12 bits per heavy atom. The van der Waals surface area contributed by atoms with Crippen molar-refractivity contribution in [3.05, 3.63) is 114 Å². The van der Waals surface area contributed by atoms with E-state index in [-0.39, 0.29) is 0 Å². The lowest BCUT2D eigenvalue weighted by Crippen LogP contribution is -2.09. The van der Waals surface area contributed by atoms with Crippen LogP contribution in [-0.2, 0) is 6.42 Å². The first kappa shape index (κ1) is 16.1. The molecule has 0 aliphatic rings. The van der Waals surface area contributed by atoms with Gasteiger partial charge in [-0.25, -0.2) is 0 Å². The summed E-state index contributed by atoms with van der Waals surface area (Å²) in [5, 5.41) is 7.23. The summed E-state index contributed by atoms with van der Waals surface area (Å²) in [6.07, 6.45) is 0.773. The maximum atomic E-state index is 4.78. The largest absolute Gasteiger partial charge is 0.278 e. The molecule has 0 saturated carbocycles. The van der Waals surface area contributed by atoms with Crippen LogP contribution >= 0.6 is 0 Å². The molecule has 0 saturated heterocycles. The normalized spacial score (nSPS) is 11.5. The van der Waals surface area contributed by atoms with E-state index in [1.54, 1.807) is 0 Å². The highest BCUT2D eigenvalue weighted by Crippen LogP contribution is 2.21. The first-order valence-electron chi connectivity index (χ1n) is 8.80. The van der Waals surface area contributed by atoms with E-state index in [4.69, 9.17) is 5.10 Å². The van der Waals surface area contributed by atoms with Gasteiger partial charge in [-0.3, -0.25) is 5.43 Å². The number of nitrogens with zero attached hydrogens (tertiary/aromatic N) is 1. The molecule has 2 nitrogen and oxygen atoms in total. The average Bonchev–Trinajstić information content (AvgIpc) is 2.72. The monoisotopic (exact) mass is 336 g/mol. The standard InChI is InChI=1S/C24H20N2/c1-3-10-19(11-4-1)18-24(26-25-21-14-5-2-6-15-21)23-17-9-13-20-12-7-8-16-22(20)23/h1-17,25H,18H2/b26-24+. The molecule has 4 aromatic carbocycles. The average molecular weight is 336 g/mol. The summed E-state index contributed by atoms with van der Waals surface area (Å²) in [6.45, 7) is 0. The summed E-state index contributed by atoms with van der Waals surface area (Å²) in [6, 6.07) is 35.4. The summed E-state index contributed by atoms with van der Waals surface area (Å²) in [5.74, 6) is 0. The first-order valence-corrected chi connectivity index (χ1v) is 8.80. The summed E-state index contributed by atoms with van der Waals surface area (Å²) >= 11 is 0. The zero-order valence-corrected chi connectivity index (χ0v) is 14.5. The van der Waals surface area contributed by atoms with E-state index in [1.165, 1.54) is 16.3 Å². The van der Waals surface area contributed by atoms with Crippen LogP contribution < -0.4 is 5.43 Å². The molecule has 0 amide bonds.